The van der Waals surface area contributed by atoms with Gasteiger partial charge in [0.15, 0.2) is 5.76 Å². The van der Waals surface area contributed by atoms with Gasteiger partial charge in [0.05, 0.1) is 14.2 Å². The predicted molar refractivity (Wildman–Crippen MR) is 124 cm³/mol. The van der Waals surface area contributed by atoms with Crippen LogP contribution in [-0.2, 0) is 14.9 Å². The highest BCUT2D eigenvalue weighted by atomic mass is 35.5. The molecular formula is C25H39ClO2. The van der Waals surface area contributed by atoms with Gasteiger partial charge in [0, 0.05) is 5.02 Å². The second-order valence-corrected chi connectivity index (χ2v) is 7.39. The molecule has 0 N–H and O–H groups in total. The van der Waals surface area contributed by atoms with Gasteiger partial charge in [-0.1, -0.05) is 81.5 Å². The summed E-state index contributed by atoms with van der Waals surface area (Å²) in [6.45, 7) is 10.4. The number of allylic oxidation sites excluding steroid dienone is 4. The molecule has 3 heteroatoms. The molecule has 1 aromatic rings. The van der Waals surface area contributed by atoms with E-state index in [4.69, 9.17) is 21.1 Å². The van der Waals surface area contributed by atoms with Crippen molar-refractivity contribution in [2.45, 2.75) is 72.1 Å². The van der Waals surface area contributed by atoms with E-state index in [1.165, 1.54) is 43.2 Å². The van der Waals surface area contributed by atoms with Gasteiger partial charge in [-0.2, -0.15) is 0 Å². The summed E-state index contributed by atoms with van der Waals surface area (Å²) in [5.74, 6) is 0.707. The van der Waals surface area contributed by atoms with Crippen LogP contribution in [0.1, 0.15) is 72.3 Å². The molecule has 2 rings (SSSR count). The lowest BCUT2D eigenvalue weighted by atomic mass is 9.71. The molecule has 0 saturated heterocycles. The maximum absolute atomic E-state index is 5.90. The number of ether oxygens (including phenoxy) is 2. The first-order chi connectivity index (χ1) is 13.4. The molecule has 0 bridgehead atoms. The molecular weight excluding hydrogens is 368 g/mol. The van der Waals surface area contributed by atoms with Crippen LogP contribution >= 0.6 is 11.6 Å². The molecule has 0 amide bonds. The zero-order chi connectivity index (χ0) is 21.4. The molecule has 158 valence electrons. The van der Waals surface area contributed by atoms with Crippen LogP contribution in [0.5, 0.6) is 0 Å². The molecule has 0 atom stereocenters. The van der Waals surface area contributed by atoms with Gasteiger partial charge in [0.1, 0.15) is 6.26 Å². The summed E-state index contributed by atoms with van der Waals surface area (Å²) >= 11 is 5.90. The summed E-state index contributed by atoms with van der Waals surface area (Å²) in [5, 5.41) is 0.841. The predicted octanol–water partition coefficient (Wildman–Crippen LogP) is 8.23. The van der Waals surface area contributed by atoms with Gasteiger partial charge in [-0.05, 0) is 55.9 Å². The Morgan fingerprint density at radius 1 is 1.00 bits per heavy atom. The van der Waals surface area contributed by atoms with Gasteiger partial charge in [0.25, 0.3) is 0 Å². The van der Waals surface area contributed by atoms with Gasteiger partial charge in [-0.15, -0.1) is 0 Å². The number of benzene rings is 1. The second-order valence-electron chi connectivity index (χ2n) is 6.95. The van der Waals surface area contributed by atoms with Crippen molar-refractivity contribution in [2.75, 3.05) is 14.2 Å². The van der Waals surface area contributed by atoms with Gasteiger partial charge >= 0.3 is 0 Å². The highest BCUT2D eigenvalue weighted by molar-refractivity contribution is 6.30. The maximum Gasteiger partial charge on any atom is 0.153 e. The molecule has 1 saturated carbocycles. The minimum atomic E-state index is 0.406. The van der Waals surface area contributed by atoms with Gasteiger partial charge in [-0.25, -0.2) is 0 Å². The normalized spacial score (nSPS) is 16.4. The van der Waals surface area contributed by atoms with E-state index in [1.54, 1.807) is 20.5 Å². The molecule has 1 fully saturated rings. The Morgan fingerprint density at radius 3 is 2.04 bits per heavy atom. The molecule has 28 heavy (non-hydrogen) atoms. The van der Waals surface area contributed by atoms with Crippen molar-refractivity contribution >= 4 is 11.6 Å². The van der Waals surface area contributed by atoms with Crippen LogP contribution in [0.3, 0.4) is 0 Å². The Kier molecular flexibility index (Phi) is 14.4. The fourth-order valence-corrected chi connectivity index (χ4v) is 3.18. The SMILES string of the molecule is CC.CC1(c2ccc(Cl)cc2)CCCCC1.C\C=C(C)/C=C\C(=C\OC)OC. The molecule has 0 spiro atoms. The number of halogens is 1. The average molecular weight is 407 g/mol. The van der Waals surface area contributed by atoms with Crippen LogP contribution in [0.2, 0.25) is 5.02 Å². The third-order valence-electron chi connectivity index (χ3n) is 4.93. The fraction of sp³-hybridized carbons (Fsp3) is 0.520. The number of rotatable bonds is 5. The zero-order valence-electron chi connectivity index (χ0n) is 18.8. The summed E-state index contributed by atoms with van der Waals surface area (Å²) in [6.07, 6.45) is 14.2. The fourth-order valence-electron chi connectivity index (χ4n) is 3.05. The molecule has 1 aromatic carbocycles. The first kappa shape index (κ1) is 26.3. The summed E-state index contributed by atoms with van der Waals surface area (Å²) in [6, 6.07) is 8.40. The Hall–Kier alpha value is -1.67. The minimum absolute atomic E-state index is 0.406. The molecule has 1 aliphatic carbocycles. The third kappa shape index (κ3) is 10.0. The summed E-state index contributed by atoms with van der Waals surface area (Å²) in [7, 11) is 3.20. The Labute approximate surface area is 178 Å². The van der Waals surface area contributed by atoms with E-state index in [0.717, 1.165) is 5.02 Å². The summed E-state index contributed by atoms with van der Waals surface area (Å²) < 4.78 is 9.81. The maximum atomic E-state index is 5.90. The van der Waals surface area contributed by atoms with Crippen molar-refractivity contribution in [3.63, 3.8) is 0 Å². The molecule has 0 aliphatic heterocycles. The smallest absolute Gasteiger partial charge is 0.153 e. The molecule has 0 unspecified atom stereocenters. The van der Waals surface area contributed by atoms with Crippen molar-refractivity contribution in [2.24, 2.45) is 0 Å². The second kappa shape index (κ2) is 15.3. The lowest BCUT2D eigenvalue weighted by Gasteiger charge is -2.34. The van der Waals surface area contributed by atoms with E-state index in [0.29, 0.717) is 11.2 Å². The number of methoxy groups -OCH3 is 2. The number of hydrogen-bond donors (Lipinski definition) is 0. The van der Waals surface area contributed by atoms with Crippen molar-refractivity contribution < 1.29 is 9.47 Å². The molecule has 0 aromatic heterocycles. The van der Waals surface area contributed by atoms with Crippen LogP contribution < -0.4 is 0 Å². The van der Waals surface area contributed by atoms with Gasteiger partial charge in [0.2, 0.25) is 0 Å². The van der Waals surface area contributed by atoms with E-state index in [-0.39, 0.29) is 0 Å². The van der Waals surface area contributed by atoms with Crippen LogP contribution in [-0.4, -0.2) is 14.2 Å². The highest BCUT2D eigenvalue weighted by Gasteiger charge is 2.28. The third-order valence-corrected chi connectivity index (χ3v) is 5.19. The van der Waals surface area contributed by atoms with Crippen molar-refractivity contribution in [3.05, 3.63) is 70.7 Å². The van der Waals surface area contributed by atoms with Crippen molar-refractivity contribution in [3.8, 4) is 0 Å². The lowest BCUT2D eigenvalue weighted by Crippen LogP contribution is -2.24. The molecule has 0 heterocycles. The van der Waals surface area contributed by atoms with E-state index < -0.39 is 0 Å². The van der Waals surface area contributed by atoms with E-state index in [1.807, 2.05) is 58.1 Å². The van der Waals surface area contributed by atoms with E-state index in [9.17, 15) is 0 Å². The van der Waals surface area contributed by atoms with Crippen molar-refractivity contribution in [1.82, 2.24) is 0 Å². The minimum Gasteiger partial charge on any atom is -0.501 e. The topological polar surface area (TPSA) is 18.5 Å². The standard InChI is InChI=1S/C13H17Cl.C10H16O2.C2H6/c1-13(9-3-2-4-10-13)11-5-7-12(14)8-6-11;1-5-9(2)6-7-10(12-4)8-11-3;1-2/h5-8H,2-4,9-10H2,1H3;5-8H,1-4H3;1-2H3/b;7-6-,9-5-,10-8-;. The lowest BCUT2D eigenvalue weighted by molar-refractivity contribution is 0.261. The Balaban J connectivity index is 0.000000485. The van der Waals surface area contributed by atoms with Gasteiger partial charge in [-0.3, -0.25) is 0 Å². The highest BCUT2D eigenvalue weighted by Crippen LogP contribution is 2.39. The Bertz CT molecular complexity index is 606. The molecule has 2 nitrogen and oxygen atoms in total. The summed E-state index contributed by atoms with van der Waals surface area (Å²) in [4.78, 5) is 0. The van der Waals surface area contributed by atoms with E-state index >= 15 is 0 Å². The molecule has 1 aliphatic rings. The first-order valence-electron chi connectivity index (χ1n) is 10.3. The van der Waals surface area contributed by atoms with E-state index in [2.05, 4.69) is 19.1 Å². The van der Waals surface area contributed by atoms with Crippen LogP contribution in [0, 0.1) is 0 Å². The van der Waals surface area contributed by atoms with Gasteiger partial charge < -0.3 is 9.47 Å². The van der Waals surface area contributed by atoms with Crippen molar-refractivity contribution in [1.29, 1.82) is 0 Å². The average Bonchev–Trinajstić information content (AvgIpc) is 2.73. The molecule has 0 radical (unpaired) electrons. The Morgan fingerprint density at radius 2 is 1.57 bits per heavy atom. The monoisotopic (exact) mass is 406 g/mol. The van der Waals surface area contributed by atoms with Crippen LogP contribution in [0.15, 0.2) is 60.1 Å². The number of hydrogen-bond acceptors (Lipinski definition) is 2. The zero-order valence-corrected chi connectivity index (χ0v) is 19.6. The largest absolute Gasteiger partial charge is 0.501 e. The van der Waals surface area contributed by atoms with Crippen LogP contribution in [0.25, 0.3) is 0 Å². The first-order valence-corrected chi connectivity index (χ1v) is 10.7. The summed E-state index contributed by atoms with van der Waals surface area (Å²) in [5.41, 5.74) is 3.05. The van der Waals surface area contributed by atoms with Crippen LogP contribution in [0.4, 0.5) is 0 Å². The quantitative estimate of drug-likeness (QED) is 0.362.